The van der Waals surface area contributed by atoms with Crippen molar-refractivity contribution >= 4 is 10.0 Å². The molecule has 0 saturated carbocycles. The summed E-state index contributed by atoms with van der Waals surface area (Å²) in [5.74, 6) is 1.29. The summed E-state index contributed by atoms with van der Waals surface area (Å²) < 4.78 is 35.5. The lowest BCUT2D eigenvalue weighted by Gasteiger charge is -2.22. The van der Waals surface area contributed by atoms with Gasteiger partial charge in [0.1, 0.15) is 6.04 Å². The molecule has 0 amide bonds. The molecule has 114 valence electrons. The number of rotatable bonds is 7. The molecule has 1 aromatic carbocycles. The van der Waals surface area contributed by atoms with E-state index in [0.717, 1.165) is 16.7 Å². The standard InChI is InChI=1S/C13H22N2O4S/c1-15(2)11(9-14-20(5,16)17)10-6-7-12(18-3)13(8-10)19-4/h6-8,11,14H,9H2,1-5H3/p+1/t11-/m0/s1. The molecular weight excluding hydrogens is 280 g/mol. The summed E-state index contributed by atoms with van der Waals surface area (Å²) in [5.41, 5.74) is 0.985. The Hall–Kier alpha value is -1.31. The third-order valence-corrected chi connectivity index (χ3v) is 3.75. The van der Waals surface area contributed by atoms with Gasteiger partial charge in [-0.05, 0) is 18.2 Å². The normalized spacial score (nSPS) is 13.3. The Morgan fingerprint density at radius 2 is 1.80 bits per heavy atom. The quantitative estimate of drug-likeness (QED) is 0.708. The summed E-state index contributed by atoms with van der Waals surface area (Å²) in [4.78, 5) is 1.12. The topological polar surface area (TPSA) is 69.1 Å². The molecule has 0 unspecified atom stereocenters. The fraction of sp³-hybridized carbons (Fsp3) is 0.538. The zero-order chi connectivity index (χ0) is 15.3. The largest absolute Gasteiger partial charge is 0.493 e. The maximum Gasteiger partial charge on any atom is 0.208 e. The van der Waals surface area contributed by atoms with Crippen LogP contribution in [0.3, 0.4) is 0 Å². The summed E-state index contributed by atoms with van der Waals surface area (Å²) in [5, 5.41) is 0. The first-order chi connectivity index (χ1) is 9.28. The van der Waals surface area contributed by atoms with Gasteiger partial charge in [0.15, 0.2) is 11.5 Å². The molecule has 1 rings (SSSR count). The second-order valence-electron chi connectivity index (χ2n) is 4.86. The predicted octanol–water partition coefficient (Wildman–Crippen LogP) is -0.561. The minimum absolute atomic E-state index is 0.00969. The van der Waals surface area contributed by atoms with E-state index >= 15 is 0 Å². The summed E-state index contributed by atoms with van der Waals surface area (Å²) >= 11 is 0. The lowest BCUT2D eigenvalue weighted by atomic mass is 10.1. The van der Waals surface area contributed by atoms with E-state index in [1.807, 2.05) is 32.3 Å². The fourth-order valence-electron chi connectivity index (χ4n) is 1.96. The van der Waals surface area contributed by atoms with Gasteiger partial charge in [-0.25, -0.2) is 13.1 Å². The van der Waals surface area contributed by atoms with Crippen molar-refractivity contribution in [1.82, 2.24) is 4.72 Å². The molecular formula is C13H23N2O4S+. The maximum atomic E-state index is 11.2. The molecule has 0 aliphatic heterocycles. The number of nitrogens with one attached hydrogen (secondary N) is 2. The van der Waals surface area contributed by atoms with Crippen LogP contribution in [0.15, 0.2) is 18.2 Å². The molecule has 20 heavy (non-hydrogen) atoms. The van der Waals surface area contributed by atoms with E-state index in [9.17, 15) is 8.42 Å². The van der Waals surface area contributed by atoms with Gasteiger partial charge in [0.05, 0.1) is 41.1 Å². The Morgan fingerprint density at radius 1 is 1.20 bits per heavy atom. The first-order valence-corrected chi connectivity index (χ1v) is 8.14. The molecule has 1 aromatic rings. The van der Waals surface area contributed by atoms with Crippen LogP contribution in [-0.4, -0.2) is 49.5 Å². The molecule has 0 aliphatic rings. The predicted molar refractivity (Wildman–Crippen MR) is 77.9 cm³/mol. The van der Waals surface area contributed by atoms with Crippen LogP contribution in [0.2, 0.25) is 0 Å². The van der Waals surface area contributed by atoms with Crippen LogP contribution in [0, 0.1) is 0 Å². The highest BCUT2D eigenvalue weighted by Gasteiger charge is 2.21. The van der Waals surface area contributed by atoms with Crippen LogP contribution in [0.4, 0.5) is 0 Å². The van der Waals surface area contributed by atoms with Crippen molar-refractivity contribution in [1.29, 1.82) is 0 Å². The highest BCUT2D eigenvalue weighted by molar-refractivity contribution is 7.88. The van der Waals surface area contributed by atoms with E-state index in [2.05, 4.69) is 4.72 Å². The van der Waals surface area contributed by atoms with Crippen LogP contribution in [0.25, 0.3) is 0 Å². The van der Waals surface area contributed by atoms with Crippen molar-refractivity contribution in [2.45, 2.75) is 6.04 Å². The lowest BCUT2D eigenvalue weighted by molar-refractivity contribution is -0.890. The first-order valence-electron chi connectivity index (χ1n) is 6.25. The number of methoxy groups -OCH3 is 2. The second kappa shape index (κ2) is 6.92. The average Bonchev–Trinajstić information content (AvgIpc) is 2.36. The molecule has 0 radical (unpaired) electrons. The molecule has 1 atom stereocenters. The maximum absolute atomic E-state index is 11.2. The molecule has 2 N–H and O–H groups in total. The zero-order valence-electron chi connectivity index (χ0n) is 12.6. The van der Waals surface area contributed by atoms with Crippen LogP contribution in [-0.2, 0) is 10.0 Å². The van der Waals surface area contributed by atoms with Crippen molar-refractivity contribution in [2.24, 2.45) is 0 Å². The summed E-state index contributed by atoms with van der Waals surface area (Å²) in [6.07, 6.45) is 1.16. The zero-order valence-corrected chi connectivity index (χ0v) is 13.4. The molecule has 0 heterocycles. The molecule has 0 aliphatic carbocycles. The van der Waals surface area contributed by atoms with Crippen molar-refractivity contribution in [3.05, 3.63) is 23.8 Å². The number of benzene rings is 1. The van der Waals surface area contributed by atoms with Gasteiger partial charge in [-0.1, -0.05) is 0 Å². The van der Waals surface area contributed by atoms with Crippen molar-refractivity contribution < 1.29 is 22.8 Å². The van der Waals surface area contributed by atoms with Crippen molar-refractivity contribution in [3.63, 3.8) is 0 Å². The Kier molecular flexibility index (Phi) is 5.79. The molecule has 0 aromatic heterocycles. The number of hydrogen-bond acceptors (Lipinski definition) is 4. The van der Waals surface area contributed by atoms with Crippen LogP contribution in [0.1, 0.15) is 11.6 Å². The molecule has 0 bridgehead atoms. The van der Waals surface area contributed by atoms with E-state index in [-0.39, 0.29) is 6.04 Å². The minimum atomic E-state index is -3.21. The molecule has 0 saturated heterocycles. The van der Waals surface area contributed by atoms with Crippen LogP contribution >= 0.6 is 0 Å². The molecule has 6 nitrogen and oxygen atoms in total. The molecule has 0 spiro atoms. The average molecular weight is 303 g/mol. The van der Waals surface area contributed by atoms with Gasteiger partial charge in [-0.3, -0.25) is 0 Å². The Balaban J connectivity index is 3.03. The van der Waals surface area contributed by atoms with Crippen LogP contribution in [0.5, 0.6) is 11.5 Å². The first kappa shape index (κ1) is 16.7. The van der Waals surface area contributed by atoms with Gasteiger partial charge in [0.2, 0.25) is 10.0 Å². The minimum Gasteiger partial charge on any atom is -0.493 e. The van der Waals surface area contributed by atoms with E-state index in [1.54, 1.807) is 14.2 Å². The van der Waals surface area contributed by atoms with Gasteiger partial charge in [-0.15, -0.1) is 0 Å². The SMILES string of the molecule is COc1ccc([C@H](CNS(C)(=O)=O)[NH+](C)C)cc1OC. The second-order valence-corrected chi connectivity index (χ2v) is 6.70. The fourth-order valence-corrected chi connectivity index (χ4v) is 2.43. The monoisotopic (exact) mass is 303 g/mol. The Labute approximate surface area is 120 Å². The summed E-state index contributed by atoms with van der Waals surface area (Å²) in [7, 11) is 3.90. The summed E-state index contributed by atoms with van der Waals surface area (Å²) in [6, 6.07) is 5.61. The third kappa shape index (κ3) is 4.66. The van der Waals surface area contributed by atoms with E-state index < -0.39 is 10.0 Å². The van der Waals surface area contributed by atoms with Crippen molar-refractivity contribution in [3.8, 4) is 11.5 Å². The van der Waals surface area contributed by atoms with E-state index in [1.165, 1.54) is 0 Å². The Morgan fingerprint density at radius 3 is 2.25 bits per heavy atom. The third-order valence-electron chi connectivity index (χ3n) is 3.06. The number of sulfonamides is 1. The van der Waals surface area contributed by atoms with E-state index in [4.69, 9.17) is 9.47 Å². The van der Waals surface area contributed by atoms with Gasteiger partial charge < -0.3 is 14.4 Å². The van der Waals surface area contributed by atoms with Gasteiger partial charge in [-0.2, -0.15) is 0 Å². The number of likely N-dealkylation sites (N-methyl/N-ethyl adjacent to an activating group) is 1. The highest BCUT2D eigenvalue weighted by atomic mass is 32.2. The molecule has 0 fully saturated rings. The Bertz CT molecular complexity index is 543. The van der Waals surface area contributed by atoms with Crippen molar-refractivity contribution in [2.75, 3.05) is 41.1 Å². The smallest absolute Gasteiger partial charge is 0.208 e. The number of ether oxygens (including phenoxy) is 2. The summed E-state index contributed by atoms with van der Waals surface area (Å²) in [6.45, 7) is 0.330. The van der Waals surface area contributed by atoms with E-state index in [0.29, 0.717) is 18.0 Å². The number of hydrogen-bond donors (Lipinski definition) is 2. The van der Waals surface area contributed by atoms with Gasteiger partial charge in [0.25, 0.3) is 0 Å². The van der Waals surface area contributed by atoms with Gasteiger partial charge in [0, 0.05) is 5.56 Å². The molecule has 7 heteroatoms. The van der Waals surface area contributed by atoms with Gasteiger partial charge >= 0.3 is 0 Å². The number of quaternary nitrogens is 1. The lowest BCUT2D eigenvalue weighted by Crippen LogP contribution is -3.07. The van der Waals surface area contributed by atoms with Crippen LogP contribution < -0.4 is 19.1 Å². The highest BCUT2D eigenvalue weighted by Crippen LogP contribution is 2.29.